The molecule has 0 atom stereocenters. The van der Waals surface area contributed by atoms with Gasteiger partial charge in [0.1, 0.15) is 0 Å². The van der Waals surface area contributed by atoms with Crippen LogP contribution in [0.3, 0.4) is 0 Å². The third kappa shape index (κ3) is 2.66. The second-order valence-corrected chi connectivity index (χ2v) is 8.19. The Morgan fingerprint density at radius 1 is 1.22 bits per heavy atom. The molecule has 1 aromatic carbocycles. The third-order valence-electron chi connectivity index (χ3n) is 4.93. The van der Waals surface area contributed by atoms with Crippen molar-refractivity contribution < 1.29 is 17.9 Å². The molecule has 1 amide bonds. The van der Waals surface area contributed by atoms with Crippen LogP contribution in [-0.4, -0.2) is 58.2 Å². The van der Waals surface area contributed by atoms with E-state index in [4.69, 9.17) is 4.74 Å². The topological polar surface area (TPSA) is 66.9 Å². The Labute approximate surface area is 137 Å². The molecule has 23 heavy (non-hydrogen) atoms. The number of para-hydroxylation sites is 1. The minimum absolute atomic E-state index is 0.0731. The van der Waals surface area contributed by atoms with Gasteiger partial charge in [-0.05, 0) is 24.5 Å². The number of benzene rings is 1. The lowest BCUT2D eigenvalue weighted by Crippen LogP contribution is -2.50. The van der Waals surface area contributed by atoms with Crippen LogP contribution in [0.4, 0.5) is 5.69 Å². The minimum atomic E-state index is -3.21. The molecule has 6 nitrogen and oxygen atoms in total. The molecule has 0 bridgehead atoms. The van der Waals surface area contributed by atoms with E-state index >= 15 is 0 Å². The fourth-order valence-electron chi connectivity index (χ4n) is 3.68. The summed E-state index contributed by atoms with van der Waals surface area (Å²) in [4.78, 5) is 14.9. The number of methoxy groups -OCH3 is 1. The number of sulfonamides is 1. The second-order valence-electron chi connectivity index (χ2n) is 6.21. The Morgan fingerprint density at radius 2 is 1.87 bits per heavy atom. The van der Waals surface area contributed by atoms with Crippen molar-refractivity contribution in [1.82, 2.24) is 4.31 Å². The summed E-state index contributed by atoms with van der Waals surface area (Å²) in [7, 11) is -1.59. The van der Waals surface area contributed by atoms with E-state index in [9.17, 15) is 13.2 Å². The van der Waals surface area contributed by atoms with Crippen molar-refractivity contribution in [1.29, 1.82) is 0 Å². The molecule has 2 heterocycles. The fourth-order valence-corrected chi connectivity index (χ4v) is 4.53. The van der Waals surface area contributed by atoms with Gasteiger partial charge < -0.3 is 9.64 Å². The molecule has 0 aliphatic carbocycles. The van der Waals surface area contributed by atoms with Gasteiger partial charge in [0.2, 0.25) is 15.9 Å². The molecule has 1 fully saturated rings. The van der Waals surface area contributed by atoms with E-state index < -0.39 is 15.4 Å². The van der Waals surface area contributed by atoms with Crippen LogP contribution in [0.2, 0.25) is 0 Å². The van der Waals surface area contributed by atoms with Crippen molar-refractivity contribution in [3.63, 3.8) is 0 Å². The van der Waals surface area contributed by atoms with Crippen LogP contribution in [0.5, 0.6) is 0 Å². The Balaban J connectivity index is 1.93. The molecule has 0 saturated carbocycles. The predicted octanol–water partition coefficient (Wildman–Crippen LogP) is 0.973. The Hall–Kier alpha value is -1.44. The van der Waals surface area contributed by atoms with E-state index in [2.05, 4.69) is 0 Å². The highest BCUT2D eigenvalue weighted by Gasteiger charge is 2.52. The van der Waals surface area contributed by atoms with Crippen LogP contribution in [0.25, 0.3) is 0 Å². The average molecular weight is 338 g/mol. The van der Waals surface area contributed by atoms with E-state index in [1.807, 2.05) is 24.3 Å². The number of amides is 1. The number of carbonyl (C=O) groups excluding carboxylic acids is 1. The molecule has 2 aliphatic heterocycles. The zero-order chi connectivity index (χ0) is 16.7. The van der Waals surface area contributed by atoms with Gasteiger partial charge >= 0.3 is 0 Å². The van der Waals surface area contributed by atoms with Crippen LogP contribution in [0.15, 0.2) is 24.3 Å². The normalized spacial score (nSPS) is 21.0. The van der Waals surface area contributed by atoms with Crippen molar-refractivity contribution in [2.24, 2.45) is 0 Å². The minimum Gasteiger partial charge on any atom is -0.383 e. The number of rotatable bonds is 4. The SMILES string of the molecule is COCCN1C(=O)C2(CCN(S(C)(=O)=O)CC2)c2ccccc21. The Morgan fingerprint density at radius 3 is 2.48 bits per heavy atom. The summed E-state index contributed by atoms with van der Waals surface area (Å²) in [5, 5.41) is 0. The van der Waals surface area contributed by atoms with Crippen molar-refractivity contribution >= 4 is 21.6 Å². The van der Waals surface area contributed by atoms with E-state index in [-0.39, 0.29) is 5.91 Å². The van der Waals surface area contributed by atoms with Gasteiger partial charge in [-0.25, -0.2) is 12.7 Å². The number of piperidine rings is 1. The highest BCUT2D eigenvalue weighted by atomic mass is 32.2. The van der Waals surface area contributed by atoms with Gasteiger partial charge in [-0.3, -0.25) is 4.79 Å². The molecule has 7 heteroatoms. The molecule has 0 radical (unpaired) electrons. The maximum absolute atomic E-state index is 13.1. The number of hydrogen-bond acceptors (Lipinski definition) is 4. The van der Waals surface area contributed by atoms with Crippen molar-refractivity contribution in [2.45, 2.75) is 18.3 Å². The van der Waals surface area contributed by atoms with Crippen LogP contribution < -0.4 is 4.90 Å². The molecule has 0 N–H and O–H groups in total. The van der Waals surface area contributed by atoms with Crippen LogP contribution >= 0.6 is 0 Å². The summed E-state index contributed by atoms with van der Waals surface area (Å²) in [5.74, 6) is 0.0731. The maximum atomic E-state index is 13.1. The highest BCUT2D eigenvalue weighted by molar-refractivity contribution is 7.88. The molecule has 0 unspecified atom stereocenters. The lowest BCUT2D eigenvalue weighted by molar-refractivity contribution is -0.124. The van der Waals surface area contributed by atoms with Crippen LogP contribution in [0.1, 0.15) is 18.4 Å². The lowest BCUT2D eigenvalue weighted by atomic mass is 9.74. The van der Waals surface area contributed by atoms with Crippen molar-refractivity contribution in [3.05, 3.63) is 29.8 Å². The average Bonchev–Trinajstić information content (AvgIpc) is 2.75. The zero-order valence-electron chi connectivity index (χ0n) is 13.5. The summed E-state index contributed by atoms with van der Waals surface area (Å²) < 4.78 is 30.1. The molecule has 1 aromatic rings. The molecule has 1 spiro atoms. The molecular weight excluding hydrogens is 316 g/mol. The summed E-state index contributed by atoms with van der Waals surface area (Å²) in [6.07, 6.45) is 2.28. The monoisotopic (exact) mass is 338 g/mol. The maximum Gasteiger partial charge on any atom is 0.237 e. The number of nitrogens with zero attached hydrogens (tertiary/aromatic N) is 2. The molecular formula is C16H22N2O4S. The van der Waals surface area contributed by atoms with E-state index in [0.29, 0.717) is 39.1 Å². The molecule has 3 rings (SSSR count). The second kappa shape index (κ2) is 5.89. The number of fused-ring (bicyclic) bond motifs is 2. The number of anilines is 1. The zero-order valence-corrected chi connectivity index (χ0v) is 14.3. The number of hydrogen-bond donors (Lipinski definition) is 0. The van der Waals surface area contributed by atoms with E-state index in [1.165, 1.54) is 10.6 Å². The smallest absolute Gasteiger partial charge is 0.237 e. The van der Waals surface area contributed by atoms with E-state index in [1.54, 1.807) is 12.0 Å². The lowest BCUT2D eigenvalue weighted by Gasteiger charge is -2.37. The van der Waals surface area contributed by atoms with Gasteiger partial charge in [0.25, 0.3) is 0 Å². The quantitative estimate of drug-likeness (QED) is 0.821. The van der Waals surface area contributed by atoms with Crippen LogP contribution in [-0.2, 0) is 25.0 Å². The highest BCUT2D eigenvalue weighted by Crippen LogP contribution is 2.47. The van der Waals surface area contributed by atoms with Gasteiger partial charge in [0, 0.05) is 32.4 Å². The van der Waals surface area contributed by atoms with Gasteiger partial charge in [-0.15, -0.1) is 0 Å². The van der Waals surface area contributed by atoms with Crippen molar-refractivity contribution in [3.8, 4) is 0 Å². The van der Waals surface area contributed by atoms with Gasteiger partial charge in [-0.1, -0.05) is 18.2 Å². The Kier molecular flexibility index (Phi) is 4.20. The van der Waals surface area contributed by atoms with Gasteiger partial charge in [0.15, 0.2) is 0 Å². The standard InChI is InChI=1S/C16H22N2O4S/c1-22-12-11-18-14-6-4-3-5-13(14)16(15(18)19)7-9-17(10-8-16)23(2,20)21/h3-6H,7-12H2,1-2H3. The summed E-state index contributed by atoms with van der Waals surface area (Å²) in [5.41, 5.74) is 1.36. The van der Waals surface area contributed by atoms with Crippen LogP contribution in [0, 0.1) is 0 Å². The largest absolute Gasteiger partial charge is 0.383 e. The molecule has 2 aliphatic rings. The molecule has 0 aromatic heterocycles. The van der Waals surface area contributed by atoms with Gasteiger partial charge in [0.05, 0.1) is 18.3 Å². The first kappa shape index (κ1) is 16.4. The number of carbonyl (C=O) groups is 1. The first-order valence-electron chi connectivity index (χ1n) is 7.76. The fraction of sp³-hybridized carbons (Fsp3) is 0.562. The third-order valence-corrected chi connectivity index (χ3v) is 6.23. The number of ether oxygens (including phenoxy) is 1. The first-order valence-corrected chi connectivity index (χ1v) is 9.60. The van der Waals surface area contributed by atoms with E-state index in [0.717, 1.165) is 11.3 Å². The Bertz CT molecular complexity index is 709. The van der Waals surface area contributed by atoms with Crippen molar-refractivity contribution in [2.75, 3.05) is 44.5 Å². The molecule has 126 valence electrons. The predicted molar refractivity (Wildman–Crippen MR) is 88.0 cm³/mol. The summed E-state index contributed by atoms with van der Waals surface area (Å²) in [6.45, 7) is 1.77. The van der Waals surface area contributed by atoms with Gasteiger partial charge in [-0.2, -0.15) is 0 Å². The summed E-state index contributed by atoms with van der Waals surface area (Å²) >= 11 is 0. The molecule has 1 saturated heterocycles. The summed E-state index contributed by atoms with van der Waals surface area (Å²) in [6, 6.07) is 7.82. The first-order chi connectivity index (χ1) is 10.9.